The van der Waals surface area contributed by atoms with E-state index in [1.807, 2.05) is 48.5 Å². The second-order valence-corrected chi connectivity index (χ2v) is 6.17. The SMILES string of the molecule is CCOC(=O)c1ccc(N)c(Nc2c3ccccc3nc3ccccc23)c1. The summed E-state index contributed by atoms with van der Waals surface area (Å²) < 4.78 is 5.10. The Morgan fingerprint density at radius 3 is 2.26 bits per heavy atom. The van der Waals surface area contributed by atoms with Crippen molar-refractivity contribution in [2.75, 3.05) is 17.7 Å². The van der Waals surface area contributed by atoms with E-state index in [0.29, 0.717) is 23.5 Å². The van der Waals surface area contributed by atoms with Gasteiger partial charge in [-0.2, -0.15) is 0 Å². The lowest BCUT2D eigenvalue weighted by Gasteiger charge is -2.15. The van der Waals surface area contributed by atoms with Crippen molar-refractivity contribution in [2.24, 2.45) is 0 Å². The van der Waals surface area contributed by atoms with Gasteiger partial charge in [-0.15, -0.1) is 0 Å². The van der Waals surface area contributed by atoms with Crippen LogP contribution in [0.1, 0.15) is 17.3 Å². The molecule has 0 atom stereocenters. The minimum absolute atomic E-state index is 0.325. The number of nitrogen functional groups attached to an aromatic ring is 1. The van der Waals surface area contributed by atoms with Crippen LogP contribution in [0.15, 0.2) is 66.7 Å². The van der Waals surface area contributed by atoms with Gasteiger partial charge in [0.05, 0.1) is 40.3 Å². The van der Waals surface area contributed by atoms with Gasteiger partial charge in [-0.05, 0) is 37.3 Å². The number of carbonyl (C=O) groups excluding carboxylic acids is 1. The van der Waals surface area contributed by atoms with Crippen molar-refractivity contribution in [1.29, 1.82) is 0 Å². The minimum atomic E-state index is -0.370. The number of benzene rings is 3. The Morgan fingerprint density at radius 1 is 1.00 bits per heavy atom. The van der Waals surface area contributed by atoms with E-state index in [4.69, 9.17) is 15.5 Å². The monoisotopic (exact) mass is 357 g/mol. The van der Waals surface area contributed by atoms with Crippen LogP contribution >= 0.6 is 0 Å². The first kappa shape index (κ1) is 16.8. The summed E-state index contributed by atoms with van der Waals surface area (Å²) in [7, 11) is 0. The van der Waals surface area contributed by atoms with Crippen molar-refractivity contribution in [1.82, 2.24) is 4.98 Å². The highest BCUT2D eigenvalue weighted by Gasteiger charge is 2.13. The molecule has 27 heavy (non-hydrogen) atoms. The number of esters is 1. The maximum Gasteiger partial charge on any atom is 0.338 e. The maximum atomic E-state index is 12.1. The van der Waals surface area contributed by atoms with Gasteiger partial charge in [0, 0.05) is 10.8 Å². The van der Waals surface area contributed by atoms with Gasteiger partial charge in [0.1, 0.15) is 0 Å². The van der Waals surface area contributed by atoms with Crippen LogP contribution in [-0.2, 0) is 4.74 Å². The molecule has 0 radical (unpaired) electrons. The Balaban J connectivity index is 1.88. The van der Waals surface area contributed by atoms with Crippen LogP contribution in [0.4, 0.5) is 17.1 Å². The number of hydrogen-bond acceptors (Lipinski definition) is 5. The van der Waals surface area contributed by atoms with Crippen LogP contribution < -0.4 is 11.1 Å². The van der Waals surface area contributed by atoms with Crippen molar-refractivity contribution in [2.45, 2.75) is 6.92 Å². The quantitative estimate of drug-likeness (QED) is 0.309. The molecule has 0 aliphatic carbocycles. The number of nitrogens with zero attached hydrogens (tertiary/aromatic N) is 1. The van der Waals surface area contributed by atoms with Gasteiger partial charge in [0.25, 0.3) is 0 Å². The van der Waals surface area contributed by atoms with Gasteiger partial charge in [0.15, 0.2) is 0 Å². The van der Waals surface area contributed by atoms with Gasteiger partial charge in [-0.3, -0.25) is 0 Å². The lowest BCUT2D eigenvalue weighted by molar-refractivity contribution is 0.0526. The van der Waals surface area contributed by atoms with Crippen LogP contribution in [0.25, 0.3) is 21.8 Å². The Labute approximate surface area is 156 Å². The fourth-order valence-electron chi connectivity index (χ4n) is 3.12. The smallest absolute Gasteiger partial charge is 0.338 e. The Morgan fingerprint density at radius 2 is 1.63 bits per heavy atom. The van der Waals surface area contributed by atoms with Gasteiger partial charge in [0.2, 0.25) is 0 Å². The fourth-order valence-corrected chi connectivity index (χ4v) is 3.12. The number of fused-ring (bicyclic) bond motifs is 2. The highest BCUT2D eigenvalue weighted by Crippen LogP contribution is 2.34. The standard InChI is InChI=1S/C22H19N3O2/c1-2-27-22(26)14-11-12-17(23)20(13-14)25-21-15-7-3-5-9-18(15)24-19-10-6-4-8-16(19)21/h3-13H,2,23H2,1H3,(H,24,25). The topological polar surface area (TPSA) is 77.2 Å². The van der Waals surface area contributed by atoms with Crippen LogP contribution in [0.5, 0.6) is 0 Å². The zero-order valence-corrected chi connectivity index (χ0v) is 14.9. The summed E-state index contributed by atoms with van der Waals surface area (Å²) in [6.45, 7) is 2.11. The van der Waals surface area contributed by atoms with Crippen LogP contribution in [-0.4, -0.2) is 17.6 Å². The fraction of sp³-hybridized carbons (Fsp3) is 0.0909. The molecule has 0 unspecified atom stereocenters. The molecule has 5 heteroatoms. The number of nitrogens with two attached hydrogens (primary N) is 1. The first-order valence-corrected chi connectivity index (χ1v) is 8.78. The molecule has 1 heterocycles. The van der Waals surface area contributed by atoms with Crippen molar-refractivity contribution in [3.8, 4) is 0 Å². The van der Waals surface area contributed by atoms with Crippen LogP contribution in [0.3, 0.4) is 0 Å². The molecule has 0 spiro atoms. The Kier molecular flexibility index (Phi) is 4.34. The third-order valence-corrected chi connectivity index (χ3v) is 4.41. The summed E-state index contributed by atoms with van der Waals surface area (Å²) in [4.78, 5) is 16.8. The summed E-state index contributed by atoms with van der Waals surface area (Å²) >= 11 is 0. The van der Waals surface area contributed by atoms with Crippen molar-refractivity contribution < 1.29 is 9.53 Å². The molecular formula is C22H19N3O2. The molecule has 134 valence electrons. The van der Waals surface area contributed by atoms with Crippen molar-refractivity contribution in [3.05, 3.63) is 72.3 Å². The second kappa shape index (κ2) is 6.96. The molecule has 0 aliphatic rings. The zero-order chi connectivity index (χ0) is 18.8. The van der Waals surface area contributed by atoms with Crippen molar-refractivity contribution in [3.63, 3.8) is 0 Å². The highest BCUT2D eigenvalue weighted by molar-refractivity contribution is 6.09. The number of rotatable bonds is 4. The van der Waals surface area contributed by atoms with E-state index in [1.54, 1.807) is 25.1 Å². The first-order valence-electron chi connectivity index (χ1n) is 8.78. The summed E-state index contributed by atoms with van der Waals surface area (Å²) in [6.07, 6.45) is 0. The number of aromatic nitrogens is 1. The zero-order valence-electron chi connectivity index (χ0n) is 14.9. The molecule has 5 nitrogen and oxygen atoms in total. The van der Waals surface area contributed by atoms with E-state index < -0.39 is 0 Å². The molecule has 4 rings (SSSR count). The van der Waals surface area contributed by atoms with Crippen LogP contribution in [0.2, 0.25) is 0 Å². The summed E-state index contributed by atoms with van der Waals surface area (Å²) in [6, 6.07) is 21.0. The van der Waals surface area contributed by atoms with E-state index in [0.717, 1.165) is 27.5 Å². The Hall–Kier alpha value is -3.60. The highest BCUT2D eigenvalue weighted by atomic mass is 16.5. The normalized spacial score (nSPS) is 10.9. The third-order valence-electron chi connectivity index (χ3n) is 4.41. The largest absolute Gasteiger partial charge is 0.462 e. The third kappa shape index (κ3) is 3.15. The number of para-hydroxylation sites is 2. The molecule has 0 bridgehead atoms. The molecule has 3 N–H and O–H groups in total. The van der Waals surface area contributed by atoms with E-state index in [9.17, 15) is 4.79 Å². The molecule has 0 aliphatic heterocycles. The van der Waals surface area contributed by atoms with Gasteiger partial charge in [-0.1, -0.05) is 36.4 Å². The molecular weight excluding hydrogens is 338 g/mol. The predicted molar refractivity (Wildman–Crippen MR) is 109 cm³/mol. The van der Waals surface area contributed by atoms with Crippen molar-refractivity contribution >= 4 is 44.8 Å². The second-order valence-electron chi connectivity index (χ2n) is 6.17. The van der Waals surface area contributed by atoms with E-state index in [2.05, 4.69) is 5.32 Å². The number of pyridine rings is 1. The summed E-state index contributed by atoms with van der Waals surface area (Å²) in [5.41, 5.74) is 10.5. The van der Waals surface area contributed by atoms with Crippen LogP contribution in [0, 0.1) is 0 Å². The molecule has 0 saturated carbocycles. The van der Waals surface area contributed by atoms with Gasteiger partial charge >= 0.3 is 5.97 Å². The predicted octanol–water partition coefficient (Wildman–Crippen LogP) is 4.89. The summed E-state index contributed by atoms with van der Waals surface area (Å²) in [5, 5.41) is 5.39. The minimum Gasteiger partial charge on any atom is -0.462 e. The molecule has 0 fully saturated rings. The molecule has 1 aromatic heterocycles. The van der Waals surface area contributed by atoms with E-state index in [1.165, 1.54) is 0 Å². The van der Waals surface area contributed by atoms with E-state index in [-0.39, 0.29) is 5.97 Å². The maximum absolute atomic E-state index is 12.1. The Bertz CT molecular complexity index is 1100. The first-order chi connectivity index (χ1) is 13.2. The average molecular weight is 357 g/mol. The number of carbonyl (C=O) groups is 1. The number of nitrogens with one attached hydrogen (secondary N) is 1. The molecule has 0 amide bonds. The lowest BCUT2D eigenvalue weighted by atomic mass is 10.1. The number of ether oxygens (including phenoxy) is 1. The number of anilines is 3. The van der Waals surface area contributed by atoms with Gasteiger partial charge in [-0.25, -0.2) is 9.78 Å². The summed E-state index contributed by atoms with van der Waals surface area (Å²) in [5.74, 6) is -0.370. The lowest BCUT2D eigenvalue weighted by Crippen LogP contribution is -2.06. The molecule has 0 saturated heterocycles. The molecule has 3 aromatic carbocycles. The van der Waals surface area contributed by atoms with Gasteiger partial charge < -0.3 is 15.8 Å². The molecule has 4 aromatic rings. The number of hydrogen-bond donors (Lipinski definition) is 2. The average Bonchev–Trinajstić information content (AvgIpc) is 2.69. The van der Waals surface area contributed by atoms with E-state index >= 15 is 0 Å².